The normalized spacial score (nSPS) is 28.3. The van der Waals surface area contributed by atoms with Crippen molar-refractivity contribution < 1.29 is 0 Å². The highest BCUT2D eigenvalue weighted by Gasteiger charge is 2.23. The van der Waals surface area contributed by atoms with Crippen molar-refractivity contribution in [3.05, 3.63) is 17.7 Å². The van der Waals surface area contributed by atoms with E-state index < -0.39 is 0 Å². The Morgan fingerprint density at radius 1 is 1.32 bits per heavy atom. The summed E-state index contributed by atoms with van der Waals surface area (Å²) in [6, 6.07) is 0. The zero-order chi connectivity index (χ0) is 13.2. The van der Waals surface area contributed by atoms with E-state index in [1.165, 1.54) is 69.8 Å². The molecule has 1 fully saturated rings. The number of hydrogen-bond donors (Lipinski definition) is 0. The predicted octanol–water partition coefficient (Wildman–Crippen LogP) is 2.74. The summed E-state index contributed by atoms with van der Waals surface area (Å²) in [5.74, 6) is 2.99. The first-order valence-electron chi connectivity index (χ1n) is 8.02. The zero-order valence-corrected chi connectivity index (χ0v) is 12.4. The molecule has 3 nitrogen and oxygen atoms in total. The van der Waals surface area contributed by atoms with E-state index in [-0.39, 0.29) is 0 Å². The average Bonchev–Trinajstić information content (AvgIpc) is 2.81. The molecule has 0 N–H and O–H groups in total. The predicted molar refractivity (Wildman–Crippen MR) is 78.3 cm³/mol. The number of aromatic nitrogens is 2. The number of imidazole rings is 1. The third-order valence-corrected chi connectivity index (χ3v) is 4.93. The van der Waals surface area contributed by atoms with Gasteiger partial charge in [0.1, 0.15) is 5.82 Å². The molecule has 0 bridgehead atoms. The van der Waals surface area contributed by atoms with Gasteiger partial charge in [0.05, 0.1) is 0 Å². The molecule has 1 aromatic rings. The highest BCUT2D eigenvalue weighted by Crippen LogP contribution is 2.25. The molecular formula is C16H27N3. The van der Waals surface area contributed by atoms with E-state index in [9.17, 15) is 0 Å². The molecule has 19 heavy (non-hydrogen) atoms. The van der Waals surface area contributed by atoms with E-state index in [2.05, 4.69) is 29.5 Å². The molecule has 0 amide bonds. The first-order valence-corrected chi connectivity index (χ1v) is 8.02. The minimum Gasteiger partial charge on any atom is -0.332 e. The van der Waals surface area contributed by atoms with E-state index in [0.717, 1.165) is 11.8 Å². The monoisotopic (exact) mass is 261 g/mol. The molecule has 3 rings (SSSR count). The molecule has 106 valence electrons. The quantitative estimate of drug-likeness (QED) is 0.834. The van der Waals surface area contributed by atoms with Gasteiger partial charge in [0, 0.05) is 31.4 Å². The Morgan fingerprint density at radius 3 is 3.05 bits per heavy atom. The fourth-order valence-electron chi connectivity index (χ4n) is 3.70. The van der Waals surface area contributed by atoms with E-state index >= 15 is 0 Å². The molecule has 3 heterocycles. The van der Waals surface area contributed by atoms with Crippen LogP contribution in [0.15, 0.2) is 6.20 Å². The Morgan fingerprint density at radius 2 is 2.21 bits per heavy atom. The van der Waals surface area contributed by atoms with Crippen LogP contribution in [0.3, 0.4) is 0 Å². The maximum atomic E-state index is 4.72. The molecule has 3 heteroatoms. The lowest BCUT2D eigenvalue weighted by molar-refractivity contribution is 0.179. The zero-order valence-electron chi connectivity index (χ0n) is 12.4. The van der Waals surface area contributed by atoms with Crippen molar-refractivity contribution >= 4 is 0 Å². The maximum Gasteiger partial charge on any atom is 0.109 e. The highest BCUT2D eigenvalue weighted by molar-refractivity contribution is 5.09. The molecule has 0 aromatic carbocycles. The lowest BCUT2D eigenvalue weighted by Gasteiger charge is -2.32. The van der Waals surface area contributed by atoms with Crippen LogP contribution in [0.4, 0.5) is 0 Å². The van der Waals surface area contributed by atoms with E-state index in [1.807, 2.05) is 0 Å². The number of likely N-dealkylation sites (tertiary alicyclic amines) is 1. The molecule has 2 aliphatic rings. The Balaban J connectivity index is 1.68. The molecular weight excluding hydrogens is 234 g/mol. The second-order valence-electron chi connectivity index (χ2n) is 6.53. The Kier molecular flexibility index (Phi) is 3.92. The summed E-state index contributed by atoms with van der Waals surface area (Å²) < 4.78 is 2.51. The lowest BCUT2D eigenvalue weighted by atomic mass is 9.94. The number of fused-ring (bicyclic) bond motifs is 1. The van der Waals surface area contributed by atoms with Gasteiger partial charge in [0.15, 0.2) is 0 Å². The van der Waals surface area contributed by atoms with Crippen molar-refractivity contribution in [1.29, 1.82) is 0 Å². The highest BCUT2D eigenvalue weighted by atomic mass is 15.1. The fourth-order valence-corrected chi connectivity index (χ4v) is 3.70. The minimum atomic E-state index is 0.817. The topological polar surface area (TPSA) is 21.1 Å². The SMILES string of the molecule is CCN1CCCC(Cc2ncc3n2CC(C)CC3)C1. The van der Waals surface area contributed by atoms with Crippen LogP contribution in [0.1, 0.15) is 44.6 Å². The summed E-state index contributed by atoms with van der Waals surface area (Å²) >= 11 is 0. The molecule has 2 unspecified atom stereocenters. The van der Waals surface area contributed by atoms with Crippen LogP contribution in [0.2, 0.25) is 0 Å². The summed E-state index contributed by atoms with van der Waals surface area (Å²) in [5, 5.41) is 0. The number of hydrogen-bond acceptors (Lipinski definition) is 2. The molecule has 1 aromatic heterocycles. The van der Waals surface area contributed by atoms with E-state index in [1.54, 1.807) is 0 Å². The maximum absolute atomic E-state index is 4.72. The van der Waals surface area contributed by atoms with Crippen molar-refractivity contribution in [2.24, 2.45) is 11.8 Å². The standard InChI is InChI=1S/C16H27N3/c1-3-18-8-4-5-14(12-18)9-16-17-10-15-7-6-13(2)11-19(15)16/h10,13-14H,3-9,11-12H2,1-2H3. The molecule has 0 saturated carbocycles. The molecule has 2 aliphatic heterocycles. The van der Waals surface area contributed by atoms with Crippen LogP contribution in [-0.4, -0.2) is 34.1 Å². The van der Waals surface area contributed by atoms with Crippen molar-refractivity contribution in [1.82, 2.24) is 14.5 Å². The van der Waals surface area contributed by atoms with Gasteiger partial charge in [-0.05, 0) is 50.6 Å². The molecule has 0 radical (unpaired) electrons. The lowest BCUT2D eigenvalue weighted by Crippen LogP contribution is -2.36. The summed E-state index contributed by atoms with van der Waals surface area (Å²) in [7, 11) is 0. The Labute approximate surface area is 117 Å². The molecule has 0 aliphatic carbocycles. The van der Waals surface area contributed by atoms with Gasteiger partial charge in [0.25, 0.3) is 0 Å². The number of nitrogens with zero attached hydrogens (tertiary/aromatic N) is 3. The first kappa shape index (κ1) is 13.2. The van der Waals surface area contributed by atoms with Crippen molar-refractivity contribution in [3.63, 3.8) is 0 Å². The average molecular weight is 261 g/mol. The van der Waals surface area contributed by atoms with Gasteiger partial charge in [-0.1, -0.05) is 13.8 Å². The largest absolute Gasteiger partial charge is 0.332 e. The third kappa shape index (κ3) is 2.86. The Bertz CT molecular complexity index is 424. The third-order valence-electron chi connectivity index (χ3n) is 4.93. The van der Waals surface area contributed by atoms with Crippen LogP contribution in [0, 0.1) is 11.8 Å². The fraction of sp³-hybridized carbons (Fsp3) is 0.812. The summed E-state index contributed by atoms with van der Waals surface area (Å²) in [6.07, 6.45) is 8.61. The minimum absolute atomic E-state index is 0.817. The molecule has 2 atom stereocenters. The van der Waals surface area contributed by atoms with Crippen LogP contribution in [-0.2, 0) is 19.4 Å². The van der Waals surface area contributed by atoms with Crippen LogP contribution < -0.4 is 0 Å². The van der Waals surface area contributed by atoms with Gasteiger partial charge in [-0.2, -0.15) is 0 Å². The molecule has 1 saturated heterocycles. The Hall–Kier alpha value is -0.830. The summed E-state index contributed by atoms with van der Waals surface area (Å²) in [6.45, 7) is 9.60. The van der Waals surface area contributed by atoms with Gasteiger partial charge < -0.3 is 9.47 Å². The van der Waals surface area contributed by atoms with Crippen molar-refractivity contribution in [3.8, 4) is 0 Å². The van der Waals surface area contributed by atoms with Gasteiger partial charge in [-0.25, -0.2) is 4.98 Å². The van der Waals surface area contributed by atoms with Gasteiger partial charge in [-0.3, -0.25) is 0 Å². The van der Waals surface area contributed by atoms with Crippen LogP contribution >= 0.6 is 0 Å². The second kappa shape index (κ2) is 5.66. The summed E-state index contributed by atoms with van der Waals surface area (Å²) in [4.78, 5) is 7.32. The molecule has 0 spiro atoms. The van der Waals surface area contributed by atoms with Crippen molar-refractivity contribution in [2.75, 3.05) is 19.6 Å². The van der Waals surface area contributed by atoms with Gasteiger partial charge in [-0.15, -0.1) is 0 Å². The second-order valence-corrected chi connectivity index (χ2v) is 6.53. The van der Waals surface area contributed by atoms with Crippen LogP contribution in [0.25, 0.3) is 0 Å². The van der Waals surface area contributed by atoms with E-state index in [0.29, 0.717) is 0 Å². The van der Waals surface area contributed by atoms with Crippen LogP contribution in [0.5, 0.6) is 0 Å². The van der Waals surface area contributed by atoms with Gasteiger partial charge >= 0.3 is 0 Å². The van der Waals surface area contributed by atoms with E-state index in [4.69, 9.17) is 4.98 Å². The first-order chi connectivity index (χ1) is 9.26. The number of aryl methyl sites for hydroxylation is 1. The number of rotatable bonds is 3. The smallest absolute Gasteiger partial charge is 0.109 e. The van der Waals surface area contributed by atoms with Gasteiger partial charge in [0.2, 0.25) is 0 Å². The number of piperidine rings is 1. The van der Waals surface area contributed by atoms with Crippen molar-refractivity contribution in [2.45, 2.75) is 52.5 Å². The summed E-state index contributed by atoms with van der Waals surface area (Å²) in [5.41, 5.74) is 1.47.